The maximum atomic E-state index is 13.1. The van der Waals surface area contributed by atoms with Gasteiger partial charge < -0.3 is 9.84 Å². The van der Waals surface area contributed by atoms with Crippen molar-refractivity contribution in [2.24, 2.45) is 0 Å². The van der Waals surface area contributed by atoms with Crippen molar-refractivity contribution in [3.63, 3.8) is 0 Å². The van der Waals surface area contributed by atoms with Crippen molar-refractivity contribution in [3.8, 4) is 16.9 Å². The predicted molar refractivity (Wildman–Crippen MR) is 122 cm³/mol. The van der Waals surface area contributed by atoms with Crippen molar-refractivity contribution in [2.75, 3.05) is 6.61 Å². The smallest absolute Gasteiger partial charge is 0.303 e. The van der Waals surface area contributed by atoms with Gasteiger partial charge in [0, 0.05) is 22.0 Å². The SMILES string of the molecule is O=C(O)CCCOc1ccc(-c2ccccc2)cc1CS(=O)(=O)c1cc(Cl)cc(Cl)c1. The average molecular weight is 479 g/mol. The van der Waals surface area contributed by atoms with Crippen LogP contribution in [0.4, 0.5) is 0 Å². The van der Waals surface area contributed by atoms with Gasteiger partial charge in [-0.15, -0.1) is 0 Å². The Hall–Kier alpha value is -2.54. The van der Waals surface area contributed by atoms with E-state index in [1.54, 1.807) is 12.1 Å². The molecule has 5 nitrogen and oxygen atoms in total. The number of carboxylic acids is 1. The quantitative estimate of drug-likeness (QED) is 0.388. The molecule has 0 radical (unpaired) electrons. The normalized spacial score (nSPS) is 11.3. The predicted octanol–water partition coefficient (Wildman–Crippen LogP) is 5.88. The van der Waals surface area contributed by atoms with Crippen molar-refractivity contribution in [1.29, 1.82) is 0 Å². The summed E-state index contributed by atoms with van der Waals surface area (Å²) >= 11 is 12.0. The monoisotopic (exact) mass is 478 g/mol. The summed E-state index contributed by atoms with van der Waals surface area (Å²) in [4.78, 5) is 10.7. The fourth-order valence-electron chi connectivity index (χ4n) is 3.04. The molecule has 0 bridgehead atoms. The van der Waals surface area contributed by atoms with Gasteiger partial charge in [0.1, 0.15) is 5.75 Å². The van der Waals surface area contributed by atoms with Crippen molar-refractivity contribution in [3.05, 3.63) is 82.3 Å². The number of ether oxygens (including phenoxy) is 1. The Bertz CT molecular complexity index is 1160. The molecule has 1 N–H and O–H groups in total. The van der Waals surface area contributed by atoms with E-state index in [1.807, 2.05) is 36.4 Å². The molecule has 0 amide bonds. The lowest BCUT2D eigenvalue weighted by Crippen LogP contribution is -2.09. The molecule has 8 heteroatoms. The molecule has 3 aromatic carbocycles. The van der Waals surface area contributed by atoms with Gasteiger partial charge in [-0.25, -0.2) is 8.42 Å². The summed E-state index contributed by atoms with van der Waals surface area (Å²) in [6.45, 7) is 0.160. The molecular formula is C23H20Cl2O5S. The molecule has 0 aromatic heterocycles. The number of benzene rings is 3. The van der Waals surface area contributed by atoms with Gasteiger partial charge in [0.2, 0.25) is 0 Å². The number of hydrogen-bond donors (Lipinski definition) is 1. The molecular weight excluding hydrogens is 459 g/mol. The Morgan fingerprint density at radius 3 is 2.23 bits per heavy atom. The Labute approximate surface area is 191 Å². The molecule has 162 valence electrons. The number of carbonyl (C=O) groups is 1. The van der Waals surface area contributed by atoms with Crippen LogP contribution < -0.4 is 4.74 Å². The first-order valence-corrected chi connectivity index (χ1v) is 11.9. The Balaban J connectivity index is 1.94. The van der Waals surface area contributed by atoms with Crippen molar-refractivity contribution >= 4 is 39.0 Å². The molecule has 0 spiro atoms. The van der Waals surface area contributed by atoms with Gasteiger partial charge in [0.25, 0.3) is 0 Å². The van der Waals surface area contributed by atoms with Crippen LogP contribution >= 0.6 is 23.2 Å². The zero-order chi connectivity index (χ0) is 22.4. The van der Waals surface area contributed by atoms with Gasteiger partial charge in [-0.1, -0.05) is 59.6 Å². The standard InChI is InChI=1S/C23H20Cl2O5S/c24-19-12-20(25)14-21(13-19)31(28,29)15-18-11-17(16-5-2-1-3-6-16)8-9-22(18)30-10-4-7-23(26)27/h1-3,5-6,8-9,11-14H,4,7,10,15H2,(H,26,27). The second-order valence-electron chi connectivity index (χ2n) is 6.90. The van der Waals surface area contributed by atoms with Crippen molar-refractivity contribution in [1.82, 2.24) is 0 Å². The van der Waals surface area contributed by atoms with E-state index < -0.39 is 15.8 Å². The van der Waals surface area contributed by atoms with Gasteiger partial charge >= 0.3 is 5.97 Å². The van der Waals surface area contributed by atoms with E-state index in [2.05, 4.69) is 0 Å². The number of sulfone groups is 1. The highest BCUT2D eigenvalue weighted by Crippen LogP contribution is 2.31. The molecule has 3 rings (SSSR count). The number of halogens is 2. The maximum absolute atomic E-state index is 13.1. The van der Waals surface area contributed by atoms with E-state index in [4.69, 9.17) is 33.0 Å². The topological polar surface area (TPSA) is 80.7 Å². The summed E-state index contributed by atoms with van der Waals surface area (Å²) in [5.41, 5.74) is 2.24. The van der Waals surface area contributed by atoms with Crippen LogP contribution in [0.1, 0.15) is 18.4 Å². The third-order valence-electron chi connectivity index (χ3n) is 4.50. The second-order valence-corrected chi connectivity index (χ2v) is 9.76. The number of aliphatic carboxylic acids is 1. The number of hydrogen-bond acceptors (Lipinski definition) is 4. The lowest BCUT2D eigenvalue weighted by molar-refractivity contribution is -0.137. The highest BCUT2D eigenvalue weighted by Gasteiger charge is 2.20. The first kappa shape index (κ1) is 23.1. The van der Waals surface area contributed by atoms with E-state index in [0.717, 1.165) is 11.1 Å². The molecule has 0 saturated carbocycles. The van der Waals surface area contributed by atoms with E-state index in [0.29, 0.717) is 17.7 Å². The number of carboxylic acid groups (broad SMARTS) is 1. The average Bonchev–Trinajstić information content (AvgIpc) is 2.71. The summed E-state index contributed by atoms with van der Waals surface area (Å²) in [5, 5.41) is 9.26. The summed E-state index contributed by atoms with van der Waals surface area (Å²) in [6.07, 6.45) is 0.280. The molecule has 0 aliphatic heterocycles. The Kier molecular flexibility index (Phi) is 7.59. The van der Waals surface area contributed by atoms with Crippen LogP contribution in [-0.2, 0) is 20.4 Å². The van der Waals surface area contributed by atoms with Crippen LogP contribution in [0.25, 0.3) is 11.1 Å². The molecule has 0 fully saturated rings. The Morgan fingerprint density at radius 2 is 1.58 bits per heavy atom. The van der Waals surface area contributed by atoms with Crippen LogP contribution in [-0.4, -0.2) is 26.1 Å². The minimum Gasteiger partial charge on any atom is -0.493 e. The van der Waals surface area contributed by atoms with Crippen LogP contribution in [0.15, 0.2) is 71.6 Å². The molecule has 0 aliphatic carbocycles. The lowest BCUT2D eigenvalue weighted by Gasteiger charge is -2.14. The van der Waals surface area contributed by atoms with Crippen molar-refractivity contribution in [2.45, 2.75) is 23.5 Å². The highest BCUT2D eigenvalue weighted by molar-refractivity contribution is 7.90. The van der Waals surface area contributed by atoms with E-state index in [1.165, 1.54) is 18.2 Å². The van der Waals surface area contributed by atoms with Gasteiger partial charge in [-0.2, -0.15) is 0 Å². The number of rotatable bonds is 9. The first-order chi connectivity index (χ1) is 14.7. The van der Waals surface area contributed by atoms with E-state index in [-0.39, 0.29) is 33.7 Å². The summed E-state index contributed by atoms with van der Waals surface area (Å²) in [5.74, 6) is -0.844. The minimum atomic E-state index is -3.77. The molecule has 0 saturated heterocycles. The molecule has 31 heavy (non-hydrogen) atoms. The van der Waals surface area contributed by atoms with Gasteiger partial charge in [-0.3, -0.25) is 4.79 Å². The van der Waals surface area contributed by atoms with Crippen molar-refractivity contribution < 1.29 is 23.1 Å². The summed E-state index contributed by atoms with van der Waals surface area (Å²) < 4.78 is 31.9. The zero-order valence-corrected chi connectivity index (χ0v) is 18.8. The van der Waals surface area contributed by atoms with E-state index >= 15 is 0 Å². The third-order valence-corrected chi connectivity index (χ3v) is 6.58. The largest absolute Gasteiger partial charge is 0.493 e. The summed E-state index contributed by atoms with van der Waals surface area (Å²) in [6, 6.07) is 19.1. The van der Waals surface area contributed by atoms with Crippen LogP contribution in [0, 0.1) is 0 Å². The molecule has 0 aliphatic rings. The molecule has 0 atom stereocenters. The Morgan fingerprint density at radius 1 is 0.903 bits per heavy atom. The first-order valence-electron chi connectivity index (χ1n) is 9.46. The van der Waals surface area contributed by atoms with Crippen LogP contribution in [0.2, 0.25) is 10.0 Å². The third kappa shape index (κ3) is 6.47. The van der Waals surface area contributed by atoms with Crippen LogP contribution in [0.5, 0.6) is 5.75 Å². The highest BCUT2D eigenvalue weighted by atomic mass is 35.5. The van der Waals surface area contributed by atoms with Gasteiger partial charge in [0.15, 0.2) is 9.84 Å². The van der Waals surface area contributed by atoms with E-state index in [9.17, 15) is 13.2 Å². The minimum absolute atomic E-state index is 0.0203. The second kappa shape index (κ2) is 10.2. The zero-order valence-electron chi connectivity index (χ0n) is 16.4. The van der Waals surface area contributed by atoms with Gasteiger partial charge in [0.05, 0.1) is 17.3 Å². The fourth-order valence-corrected chi connectivity index (χ4v) is 5.12. The molecule has 3 aromatic rings. The summed E-state index contributed by atoms with van der Waals surface area (Å²) in [7, 11) is -3.77. The fraction of sp³-hybridized carbons (Fsp3) is 0.174. The lowest BCUT2D eigenvalue weighted by atomic mass is 10.0. The molecule has 0 unspecified atom stereocenters. The molecule has 0 heterocycles. The maximum Gasteiger partial charge on any atom is 0.303 e. The van der Waals surface area contributed by atoms with Crippen LogP contribution in [0.3, 0.4) is 0 Å². The van der Waals surface area contributed by atoms with Gasteiger partial charge in [-0.05, 0) is 47.9 Å².